The Bertz CT molecular complexity index is 753. The fourth-order valence-electron chi connectivity index (χ4n) is 4.27. The van der Waals surface area contributed by atoms with E-state index < -0.39 is 36.9 Å². The van der Waals surface area contributed by atoms with Crippen molar-refractivity contribution in [3.63, 3.8) is 0 Å². The van der Waals surface area contributed by atoms with E-state index in [4.69, 9.17) is 21.1 Å². The van der Waals surface area contributed by atoms with Gasteiger partial charge in [-0.15, -0.1) is 0 Å². The Balaban J connectivity index is 1.22. The number of aliphatic hydroxyl groups is 1. The van der Waals surface area contributed by atoms with Gasteiger partial charge in [-0.25, -0.2) is 8.78 Å². The Labute approximate surface area is 173 Å². The Morgan fingerprint density at radius 1 is 1.34 bits per heavy atom. The van der Waals surface area contributed by atoms with E-state index >= 15 is 0 Å². The third-order valence-corrected chi connectivity index (χ3v) is 6.19. The van der Waals surface area contributed by atoms with Crippen molar-refractivity contribution in [3.8, 4) is 0 Å². The summed E-state index contributed by atoms with van der Waals surface area (Å²) in [5.41, 5.74) is 0.962. The zero-order chi connectivity index (χ0) is 20.6. The van der Waals surface area contributed by atoms with Crippen LogP contribution in [0.3, 0.4) is 0 Å². The Hall–Kier alpha value is -1.32. The summed E-state index contributed by atoms with van der Waals surface area (Å²) >= 11 is 6.13. The first-order valence-corrected chi connectivity index (χ1v) is 10.3. The van der Waals surface area contributed by atoms with Gasteiger partial charge in [0, 0.05) is 37.5 Å². The van der Waals surface area contributed by atoms with Crippen molar-refractivity contribution in [3.05, 3.63) is 34.9 Å². The van der Waals surface area contributed by atoms with Gasteiger partial charge in [0.25, 0.3) is 5.92 Å². The van der Waals surface area contributed by atoms with E-state index in [0.717, 1.165) is 5.56 Å². The standard InChI is InChI=1S/C20H25ClF2N2O4/c21-14-4-2-1-3-12(14)9-24-10-16-18(27)19-15(29-16)7-13(28-19)8-17(26)25-6-5-20(22,23)11-25/h1-4,13,15-16,18-19,24,27H,5-11H2/t13-,15+,16+,18+,19-/m0/s1. The van der Waals surface area contributed by atoms with Crippen LogP contribution in [0.15, 0.2) is 24.3 Å². The van der Waals surface area contributed by atoms with Crippen molar-refractivity contribution in [1.82, 2.24) is 10.2 Å². The number of halogens is 3. The summed E-state index contributed by atoms with van der Waals surface area (Å²) in [7, 11) is 0. The molecule has 0 aliphatic carbocycles. The molecule has 3 saturated heterocycles. The van der Waals surface area contributed by atoms with Crippen LogP contribution in [0.25, 0.3) is 0 Å². The second-order valence-corrected chi connectivity index (χ2v) is 8.42. The van der Waals surface area contributed by atoms with Gasteiger partial charge < -0.3 is 24.8 Å². The highest BCUT2D eigenvalue weighted by Gasteiger charge is 2.51. The average molecular weight is 431 g/mol. The number of hydrogen-bond acceptors (Lipinski definition) is 5. The summed E-state index contributed by atoms with van der Waals surface area (Å²) in [5, 5.41) is 14.4. The molecule has 6 nitrogen and oxygen atoms in total. The summed E-state index contributed by atoms with van der Waals surface area (Å²) in [4.78, 5) is 13.4. The highest BCUT2D eigenvalue weighted by atomic mass is 35.5. The molecular weight excluding hydrogens is 406 g/mol. The van der Waals surface area contributed by atoms with Crippen LogP contribution < -0.4 is 5.32 Å². The lowest BCUT2D eigenvalue weighted by Gasteiger charge is -2.22. The van der Waals surface area contributed by atoms with Crippen LogP contribution in [0.5, 0.6) is 0 Å². The molecule has 1 amide bonds. The number of hydrogen-bond donors (Lipinski definition) is 2. The quantitative estimate of drug-likeness (QED) is 0.722. The topological polar surface area (TPSA) is 71.0 Å². The van der Waals surface area contributed by atoms with Crippen LogP contribution >= 0.6 is 11.6 Å². The highest BCUT2D eigenvalue weighted by molar-refractivity contribution is 6.31. The van der Waals surface area contributed by atoms with Crippen LogP contribution in [0.2, 0.25) is 5.02 Å². The van der Waals surface area contributed by atoms with E-state index in [1.54, 1.807) is 0 Å². The van der Waals surface area contributed by atoms with Crippen molar-refractivity contribution < 1.29 is 28.2 Å². The first kappa shape index (κ1) is 20.9. The summed E-state index contributed by atoms with van der Waals surface area (Å²) in [5.74, 6) is -3.13. The van der Waals surface area contributed by atoms with Crippen LogP contribution in [0.4, 0.5) is 8.78 Å². The number of ether oxygens (including phenoxy) is 2. The third kappa shape index (κ3) is 4.72. The zero-order valence-electron chi connectivity index (χ0n) is 15.9. The van der Waals surface area contributed by atoms with Crippen LogP contribution in [0, 0.1) is 0 Å². The number of benzene rings is 1. The molecule has 0 spiro atoms. The molecule has 4 rings (SSSR count). The molecule has 0 radical (unpaired) electrons. The van der Waals surface area contributed by atoms with Gasteiger partial charge >= 0.3 is 0 Å². The number of nitrogens with zero attached hydrogens (tertiary/aromatic N) is 1. The SMILES string of the molecule is O=C(C[C@@H]1C[C@H]2O[C@H](CNCc3ccccc3Cl)[C@@H](O)[C@H]2O1)N1CCC(F)(F)C1. The predicted molar refractivity (Wildman–Crippen MR) is 102 cm³/mol. The van der Waals surface area contributed by atoms with Crippen LogP contribution in [-0.2, 0) is 20.8 Å². The van der Waals surface area contributed by atoms with E-state index in [1.807, 2.05) is 24.3 Å². The monoisotopic (exact) mass is 430 g/mol. The Morgan fingerprint density at radius 3 is 2.83 bits per heavy atom. The number of amides is 1. The van der Waals surface area contributed by atoms with Crippen molar-refractivity contribution in [2.75, 3.05) is 19.6 Å². The molecule has 1 aromatic carbocycles. The summed E-state index contributed by atoms with van der Waals surface area (Å²) < 4.78 is 38.3. The third-order valence-electron chi connectivity index (χ3n) is 5.82. The smallest absolute Gasteiger partial charge is 0.267 e. The number of fused-ring (bicyclic) bond motifs is 1. The number of likely N-dealkylation sites (tertiary alicyclic amines) is 1. The second-order valence-electron chi connectivity index (χ2n) is 8.01. The fourth-order valence-corrected chi connectivity index (χ4v) is 4.47. The van der Waals surface area contributed by atoms with E-state index in [9.17, 15) is 18.7 Å². The zero-order valence-corrected chi connectivity index (χ0v) is 16.7. The molecule has 5 atom stereocenters. The average Bonchev–Trinajstić information content (AvgIpc) is 3.31. The van der Waals surface area contributed by atoms with Crippen LogP contribution in [-0.4, -0.2) is 72.0 Å². The molecule has 0 aromatic heterocycles. The predicted octanol–water partition coefficient (Wildman–Crippen LogP) is 1.97. The molecule has 2 N–H and O–H groups in total. The molecule has 0 unspecified atom stereocenters. The highest BCUT2D eigenvalue weighted by Crippen LogP contribution is 2.36. The maximum Gasteiger partial charge on any atom is 0.267 e. The lowest BCUT2D eigenvalue weighted by Crippen LogP contribution is -2.39. The minimum Gasteiger partial charge on any atom is -0.388 e. The molecule has 3 heterocycles. The summed E-state index contributed by atoms with van der Waals surface area (Å²) in [6, 6.07) is 7.52. The molecular formula is C20H25ClF2N2O4. The first-order valence-electron chi connectivity index (χ1n) is 9.91. The maximum atomic E-state index is 13.3. The number of nitrogens with one attached hydrogen (secondary N) is 1. The number of carbonyl (C=O) groups excluding carboxylic acids is 1. The molecule has 0 bridgehead atoms. The maximum absolute atomic E-state index is 13.3. The van der Waals surface area contributed by atoms with Crippen molar-refractivity contribution in [2.45, 2.75) is 62.2 Å². The minimum atomic E-state index is -2.80. The van der Waals surface area contributed by atoms with Gasteiger partial charge in [0.1, 0.15) is 12.2 Å². The van der Waals surface area contributed by atoms with Gasteiger partial charge in [-0.1, -0.05) is 29.8 Å². The number of alkyl halides is 2. The van der Waals surface area contributed by atoms with Gasteiger partial charge in [0.2, 0.25) is 5.91 Å². The van der Waals surface area contributed by atoms with Gasteiger partial charge in [-0.3, -0.25) is 4.79 Å². The molecule has 3 aliphatic heterocycles. The molecule has 1 aromatic rings. The lowest BCUT2D eigenvalue weighted by molar-refractivity contribution is -0.135. The summed E-state index contributed by atoms with van der Waals surface area (Å²) in [6.07, 6.45) is -2.22. The van der Waals surface area contributed by atoms with Gasteiger partial charge in [-0.2, -0.15) is 0 Å². The molecule has 29 heavy (non-hydrogen) atoms. The first-order chi connectivity index (χ1) is 13.8. The Kier molecular flexibility index (Phi) is 6.09. The molecule has 9 heteroatoms. The van der Waals surface area contributed by atoms with Gasteiger partial charge in [0.15, 0.2) is 0 Å². The molecule has 3 aliphatic rings. The lowest BCUT2D eigenvalue weighted by atomic mass is 10.1. The molecule has 0 saturated carbocycles. The molecule has 3 fully saturated rings. The van der Waals surface area contributed by atoms with Crippen molar-refractivity contribution in [1.29, 1.82) is 0 Å². The van der Waals surface area contributed by atoms with E-state index in [0.29, 0.717) is 24.5 Å². The number of rotatable bonds is 6. The van der Waals surface area contributed by atoms with E-state index in [2.05, 4.69) is 5.32 Å². The van der Waals surface area contributed by atoms with E-state index in [1.165, 1.54) is 4.90 Å². The molecule has 160 valence electrons. The number of carbonyl (C=O) groups is 1. The van der Waals surface area contributed by atoms with Gasteiger partial charge in [-0.05, 0) is 11.6 Å². The second kappa shape index (κ2) is 8.43. The summed E-state index contributed by atoms with van der Waals surface area (Å²) in [6.45, 7) is 0.544. The Morgan fingerprint density at radius 2 is 2.14 bits per heavy atom. The van der Waals surface area contributed by atoms with Gasteiger partial charge in [0.05, 0.1) is 31.3 Å². The normalized spacial score (nSPS) is 33.2. The largest absolute Gasteiger partial charge is 0.388 e. The number of aliphatic hydroxyl groups excluding tert-OH is 1. The van der Waals surface area contributed by atoms with Crippen LogP contribution in [0.1, 0.15) is 24.8 Å². The van der Waals surface area contributed by atoms with E-state index in [-0.39, 0.29) is 31.4 Å². The van der Waals surface area contributed by atoms with Crippen molar-refractivity contribution in [2.24, 2.45) is 0 Å². The fraction of sp³-hybridized carbons (Fsp3) is 0.650. The minimum absolute atomic E-state index is 0.0363. The van der Waals surface area contributed by atoms with Crippen molar-refractivity contribution >= 4 is 17.5 Å².